The molecule has 0 aliphatic carbocycles. The van der Waals surface area contributed by atoms with E-state index in [0.29, 0.717) is 17.0 Å². The van der Waals surface area contributed by atoms with Crippen LogP contribution in [0.1, 0.15) is 26.2 Å². The number of ether oxygens (including phenoxy) is 1. The molecule has 0 radical (unpaired) electrons. The highest BCUT2D eigenvalue weighted by atomic mass is 32.2. The van der Waals surface area contributed by atoms with Crippen molar-refractivity contribution in [2.75, 3.05) is 18.2 Å². The number of para-hydroxylation sites is 1. The Morgan fingerprint density at radius 1 is 1.23 bits per heavy atom. The van der Waals surface area contributed by atoms with Gasteiger partial charge in [-0.05, 0) is 37.5 Å². The van der Waals surface area contributed by atoms with E-state index in [0.717, 1.165) is 4.90 Å². The summed E-state index contributed by atoms with van der Waals surface area (Å²) in [5.41, 5.74) is -0.797. The number of β-lactam (4-membered cyclic amide) rings is 1. The number of methoxy groups -OCH3 is 1. The van der Waals surface area contributed by atoms with Gasteiger partial charge >= 0.3 is 18.0 Å². The molecule has 1 aromatic carbocycles. The van der Waals surface area contributed by atoms with Gasteiger partial charge in [0.25, 0.3) is 11.6 Å². The molecule has 1 aromatic rings. The number of fused-ring (bicyclic) bond motifs is 1. The van der Waals surface area contributed by atoms with Crippen molar-refractivity contribution in [3.05, 3.63) is 41.6 Å². The van der Waals surface area contributed by atoms with Crippen molar-refractivity contribution < 1.29 is 38.9 Å². The Morgan fingerprint density at radius 2 is 1.91 bits per heavy atom. The summed E-state index contributed by atoms with van der Waals surface area (Å²) in [7, 11) is 1.25. The Bertz CT molecular complexity index is 1060. The number of hydrogen-bond donors (Lipinski definition) is 5. The molecule has 4 amide bonds. The van der Waals surface area contributed by atoms with Gasteiger partial charge in [0.05, 0.1) is 0 Å². The molecule has 2 aliphatic rings. The molecule has 1 saturated heterocycles. The van der Waals surface area contributed by atoms with Crippen LogP contribution in [0.25, 0.3) is 0 Å². The summed E-state index contributed by atoms with van der Waals surface area (Å²) in [5, 5.41) is 25.6. The first kappa shape index (κ1) is 26.0. The minimum Gasteiger partial charge on any atom is -0.480 e. The second kappa shape index (κ2) is 10.8. The van der Waals surface area contributed by atoms with Crippen LogP contribution in [0, 0.1) is 0 Å². The number of nitrogens with zero attached hydrogens (tertiary/aromatic N) is 1. The first-order chi connectivity index (χ1) is 16.6. The summed E-state index contributed by atoms with van der Waals surface area (Å²) < 4.78 is 5.35. The van der Waals surface area contributed by atoms with Crippen molar-refractivity contribution in [2.45, 2.75) is 43.3 Å². The van der Waals surface area contributed by atoms with E-state index >= 15 is 0 Å². The maximum absolute atomic E-state index is 12.8. The third-order valence-electron chi connectivity index (χ3n) is 5.60. The molecule has 0 saturated carbocycles. The molecule has 13 heteroatoms. The molecule has 188 valence electrons. The van der Waals surface area contributed by atoms with Crippen LogP contribution in [-0.4, -0.2) is 74.9 Å². The van der Waals surface area contributed by atoms with Crippen LogP contribution in [0.3, 0.4) is 0 Å². The minimum absolute atomic E-state index is 0.0334. The van der Waals surface area contributed by atoms with Crippen molar-refractivity contribution >= 4 is 47.2 Å². The minimum atomic E-state index is -1.71. The van der Waals surface area contributed by atoms with E-state index in [2.05, 4.69) is 16.0 Å². The van der Waals surface area contributed by atoms with Gasteiger partial charge in [-0.3, -0.25) is 14.5 Å². The van der Waals surface area contributed by atoms with Crippen molar-refractivity contribution in [3.63, 3.8) is 0 Å². The number of anilines is 1. The summed E-state index contributed by atoms with van der Waals surface area (Å²) >= 11 is 1.27. The second-order valence-electron chi connectivity index (χ2n) is 8.01. The third-order valence-corrected chi connectivity index (χ3v) is 7.06. The fourth-order valence-corrected chi connectivity index (χ4v) is 5.26. The van der Waals surface area contributed by atoms with E-state index in [9.17, 15) is 34.2 Å². The van der Waals surface area contributed by atoms with Gasteiger partial charge in [-0.25, -0.2) is 14.4 Å². The standard InChI is InChI=1S/C22H26N4O8S/c1-12-11-35-20-22(34-2,19(32)26(20)16(12)18(30)31)25-15(27)10-6-9-14(17(28)29)24-21(33)23-13-7-4-3-5-8-13/h3-5,7-8,14,20H,6,9-11H2,1-2H3,(H,25,27)(H,28,29)(H,30,31)(H2,23,24,33)/t14?,20-,22?/m0/s1. The predicted octanol–water partition coefficient (Wildman–Crippen LogP) is 1.16. The van der Waals surface area contributed by atoms with Crippen LogP contribution in [-0.2, 0) is 23.9 Å². The SMILES string of the molecule is COC1(NC(=O)CCCC(NC(=O)Nc2ccccc2)C(=O)O)C(=O)N2C(C(=O)O)=C(C)CS[C@H]21. The fourth-order valence-electron chi connectivity index (χ4n) is 3.88. The molecule has 2 aliphatic heterocycles. The Labute approximate surface area is 205 Å². The van der Waals surface area contributed by atoms with Crippen LogP contribution in [0.2, 0.25) is 0 Å². The molecular formula is C22H26N4O8S. The quantitative estimate of drug-likeness (QED) is 0.230. The van der Waals surface area contributed by atoms with Gasteiger partial charge in [0, 0.05) is 25.0 Å². The average Bonchev–Trinajstić information content (AvgIpc) is 2.81. The van der Waals surface area contributed by atoms with E-state index in [1.54, 1.807) is 37.3 Å². The van der Waals surface area contributed by atoms with Crippen molar-refractivity contribution in [1.82, 2.24) is 15.5 Å². The average molecular weight is 507 g/mol. The lowest BCUT2D eigenvalue weighted by molar-refractivity contribution is -0.192. The fraction of sp³-hybridized carbons (Fsp3) is 0.409. The van der Waals surface area contributed by atoms with Gasteiger partial charge < -0.3 is 30.9 Å². The van der Waals surface area contributed by atoms with Crippen LogP contribution in [0.5, 0.6) is 0 Å². The van der Waals surface area contributed by atoms with Crippen LogP contribution < -0.4 is 16.0 Å². The summed E-state index contributed by atoms with van der Waals surface area (Å²) in [6, 6.07) is 6.57. The van der Waals surface area contributed by atoms with Gasteiger partial charge in [-0.15, -0.1) is 11.8 Å². The zero-order valence-corrected chi connectivity index (χ0v) is 19.9. The highest BCUT2D eigenvalue weighted by Crippen LogP contribution is 2.46. The van der Waals surface area contributed by atoms with E-state index in [1.807, 2.05) is 0 Å². The smallest absolute Gasteiger partial charge is 0.352 e. The van der Waals surface area contributed by atoms with Crippen molar-refractivity contribution in [2.24, 2.45) is 0 Å². The molecule has 3 rings (SSSR count). The molecule has 2 unspecified atom stereocenters. The maximum Gasteiger partial charge on any atom is 0.352 e. The van der Waals surface area contributed by atoms with Crippen molar-refractivity contribution in [3.8, 4) is 0 Å². The zero-order chi connectivity index (χ0) is 25.8. The second-order valence-corrected chi connectivity index (χ2v) is 9.08. The number of urea groups is 1. The van der Waals surface area contributed by atoms with Gasteiger partial charge in [-0.1, -0.05) is 18.2 Å². The van der Waals surface area contributed by atoms with Crippen LogP contribution >= 0.6 is 11.8 Å². The Kier molecular flexibility index (Phi) is 8.02. The molecule has 12 nitrogen and oxygen atoms in total. The summed E-state index contributed by atoms with van der Waals surface area (Å²) in [6.07, 6.45) is -0.0696. The first-order valence-electron chi connectivity index (χ1n) is 10.7. The molecule has 35 heavy (non-hydrogen) atoms. The Balaban J connectivity index is 1.54. The number of amides is 4. The van der Waals surface area contributed by atoms with E-state index < -0.39 is 46.9 Å². The number of hydrogen-bond acceptors (Lipinski definition) is 7. The van der Waals surface area contributed by atoms with Crippen LogP contribution in [0.15, 0.2) is 41.6 Å². The van der Waals surface area contributed by atoms with Gasteiger partial charge in [0.2, 0.25) is 5.91 Å². The Morgan fingerprint density at radius 3 is 2.51 bits per heavy atom. The van der Waals surface area contributed by atoms with E-state index in [1.165, 1.54) is 18.9 Å². The molecule has 2 heterocycles. The first-order valence-corrected chi connectivity index (χ1v) is 11.8. The number of benzene rings is 1. The van der Waals surface area contributed by atoms with E-state index in [-0.39, 0.29) is 25.0 Å². The monoisotopic (exact) mass is 506 g/mol. The molecule has 5 N–H and O–H groups in total. The number of carboxylic acid groups (broad SMARTS) is 2. The zero-order valence-electron chi connectivity index (χ0n) is 19.1. The Hall–Kier alpha value is -3.58. The summed E-state index contributed by atoms with van der Waals surface area (Å²) in [5.74, 6) is -3.39. The highest BCUT2D eigenvalue weighted by Gasteiger charge is 2.66. The molecule has 0 bridgehead atoms. The molecule has 0 spiro atoms. The molecule has 0 aromatic heterocycles. The topological polar surface area (TPSA) is 174 Å². The number of carboxylic acids is 2. The van der Waals surface area contributed by atoms with Gasteiger partial charge in [0.15, 0.2) is 0 Å². The normalized spacial score (nSPS) is 21.9. The number of aliphatic carboxylic acids is 2. The number of carbonyl (C=O) groups excluding carboxylic acids is 3. The highest BCUT2D eigenvalue weighted by molar-refractivity contribution is 8.00. The summed E-state index contributed by atoms with van der Waals surface area (Å²) in [6.45, 7) is 1.62. The van der Waals surface area contributed by atoms with Gasteiger partial charge in [-0.2, -0.15) is 0 Å². The molecule has 3 atom stereocenters. The molecular weight excluding hydrogens is 480 g/mol. The van der Waals surface area contributed by atoms with Crippen LogP contribution in [0.4, 0.5) is 10.5 Å². The summed E-state index contributed by atoms with van der Waals surface area (Å²) in [4.78, 5) is 61.7. The van der Waals surface area contributed by atoms with Crippen molar-refractivity contribution in [1.29, 1.82) is 0 Å². The molecule has 1 fully saturated rings. The lowest BCUT2D eigenvalue weighted by atomic mass is 9.98. The predicted molar refractivity (Wildman–Crippen MR) is 125 cm³/mol. The number of carbonyl (C=O) groups is 5. The number of nitrogens with one attached hydrogen (secondary N) is 3. The maximum atomic E-state index is 12.8. The lowest BCUT2D eigenvalue weighted by Gasteiger charge is -2.55. The van der Waals surface area contributed by atoms with E-state index in [4.69, 9.17) is 4.74 Å². The third kappa shape index (κ3) is 5.41. The lowest BCUT2D eigenvalue weighted by Crippen LogP contribution is -2.80. The van der Waals surface area contributed by atoms with Gasteiger partial charge in [0.1, 0.15) is 17.1 Å². The largest absolute Gasteiger partial charge is 0.480 e. The number of rotatable bonds is 10. The number of thioether (sulfide) groups is 1.